The number of amides is 2. The van der Waals surface area contributed by atoms with E-state index in [-0.39, 0.29) is 30.9 Å². The Bertz CT molecular complexity index is 877. The smallest absolute Gasteiger partial charge is 0.543 e. The van der Waals surface area contributed by atoms with Gasteiger partial charge in [-0.3, -0.25) is 9.59 Å². The van der Waals surface area contributed by atoms with Gasteiger partial charge in [-0.1, -0.05) is 60.7 Å². The molecule has 0 saturated heterocycles. The van der Waals surface area contributed by atoms with E-state index < -0.39 is 23.8 Å². The standard InChI is InChI=1S/2C11H11NO3.Zn/c2*1-8(13)12-10(11(14)15)7-9-5-3-2-4-6-9;/h2*2-7H,1H3,(H,12,13)(H,14,15);/q;;+2/p-2/b2*10-7-;. The number of benzene rings is 2. The molecule has 0 fully saturated rings. The quantitative estimate of drug-likeness (QED) is 0.441. The maximum absolute atomic E-state index is 10.7. The SMILES string of the molecule is CC(=O)N/C(=C\c1ccccc1)C(=O)[O-].CC(=O)N/C(=C\c1ccccc1)C(=O)[O-].[Zn+2]. The molecule has 0 aromatic heterocycles. The molecule has 2 aromatic carbocycles. The first kappa shape index (κ1) is 27.4. The molecule has 156 valence electrons. The first-order chi connectivity index (χ1) is 14.2. The third-order valence-electron chi connectivity index (χ3n) is 3.28. The number of carbonyl (C=O) groups is 4. The molecule has 8 nitrogen and oxygen atoms in total. The van der Waals surface area contributed by atoms with Gasteiger partial charge in [-0.05, 0) is 23.3 Å². The van der Waals surface area contributed by atoms with Crippen LogP contribution in [0.5, 0.6) is 0 Å². The van der Waals surface area contributed by atoms with Crippen molar-refractivity contribution in [2.24, 2.45) is 0 Å². The van der Waals surface area contributed by atoms with Crippen LogP contribution in [0.3, 0.4) is 0 Å². The summed E-state index contributed by atoms with van der Waals surface area (Å²) in [6.07, 6.45) is 2.69. The molecule has 9 heteroatoms. The minimum absolute atomic E-state index is 0. The van der Waals surface area contributed by atoms with Gasteiger partial charge in [0.1, 0.15) is 0 Å². The second kappa shape index (κ2) is 14.4. The summed E-state index contributed by atoms with van der Waals surface area (Å²) in [7, 11) is 0. The maximum atomic E-state index is 10.7. The summed E-state index contributed by atoms with van der Waals surface area (Å²) in [5, 5.41) is 25.7. The van der Waals surface area contributed by atoms with E-state index >= 15 is 0 Å². The number of carbonyl (C=O) groups excluding carboxylic acids is 4. The molecule has 2 N–H and O–H groups in total. The van der Waals surface area contributed by atoms with Crippen LogP contribution in [-0.2, 0) is 38.7 Å². The van der Waals surface area contributed by atoms with E-state index in [4.69, 9.17) is 0 Å². The van der Waals surface area contributed by atoms with E-state index in [1.165, 1.54) is 26.0 Å². The first-order valence-electron chi connectivity index (χ1n) is 8.70. The number of aliphatic carboxylic acids is 2. The Kier molecular flexibility index (Phi) is 12.7. The molecule has 0 aliphatic rings. The average Bonchev–Trinajstić information content (AvgIpc) is 2.68. The van der Waals surface area contributed by atoms with Crippen LogP contribution in [-0.4, -0.2) is 23.8 Å². The molecule has 0 bridgehead atoms. The summed E-state index contributed by atoms with van der Waals surface area (Å²) >= 11 is 0. The molecule has 2 amide bonds. The maximum Gasteiger partial charge on any atom is 2.00 e. The minimum Gasteiger partial charge on any atom is -0.543 e. The van der Waals surface area contributed by atoms with Gasteiger partial charge in [-0.25, -0.2) is 0 Å². The molecule has 0 spiro atoms. The fourth-order valence-corrected chi connectivity index (χ4v) is 2.10. The van der Waals surface area contributed by atoms with E-state index in [1.54, 1.807) is 48.5 Å². The molecule has 0 aliphatic carbocycles. The fourth-order valence-electron chi connectivity index (χ4n) is 2.10. The van der Waals surface area contributed by atoms with Crippen LogP contribution in [0.2, 0.25) is 0 Å². The van der Waals surface area contributed by atoms with E-state index in [9.17, 15) is 29.4 Å². The number of carboxylic acids is 2. The molecule has 0 heterocycles. The van der Waals surface area contributed by atoms with Gasteiger partial charge in [-0.15, -0.1) is 0 Å². The van der Waals surface area contributed by atoms with Gasteiger partial charge in [0.25, 0.3) is 0 Å². The third-order valence-corrected chi connectivity index (χ3v) is 3.28. The number of hydrogen-bond donors (Lipinski definition) is 2. The number of carboxylic acid groups (broad SMARTS) is 2. The normalized spacial score (nSPS) is 10.5. The van der Waals surface area contributed by atoms with Crippen LogP contribution in [0, 0.1) is 0 Å². The zero-order valence-corrected chi connectivity index (χ0v) is 20.1. The van der Waals surface area contributed by atoms with Crippen molar-refractivity contribution in [2.75, 3.05) is 0 Å². The average molecular weight is 474 g/mol. The van der Waals surface area contributed by atoms with Crippen LogP contribution < -0.4 is 20.8 Å². The molecule has 0 atom stereocenters. The largest absolute Gasteiger partial charge is 2.00 e. The van der Waals surface area contributed by atoms with Crippen molar-refractivity contribution >= 4 is 35.9 Å². The Morgan fingerprint density at radius 1 is 0.645 bits per heavy atom. The second-order valence-corrected chi connectivity index (χ2v) is 5.87. The van der Waals surface area contributed by atoms with Crippen LogP contribution >= 0.6 is 0 Å². The monoisotopic (exact) mass is 472 g/mol. The van der Waals surface area contributed by atoms with Crippen LogP contribution in [0.15, 0.2) is 72.1 Å². The first-order valence-corrected chi connectivity index (χ1v) is 8.70. The molecule has 0 saturated carbocycles. The molecular weight excluding hydrogens is 454 g/mol. The van der Waals surface area contributed by atoms with E-state index in [2.05, 4.69) is 10.6 Å². The van der Waals surface area contributed by atoms with Gasteiger partial charge in [0, 0.05) is 13.8 Å². The van der Waals surface area contributed by atoms with Gasteiger partial charge < -0.3 is 30.4 Å². The van der Waals surface area contributed by atoms with Crippen molar-refractivity contribution in [1.82, 2.24) is 10.6 Å². The molecular formula is C22H20N2O6Zn. The molecule has 0 radical (unpaired) electrons. The van der Waals surface area contributed by atoms with Crippen LogP contribution in [0.1, 0.15) is 25.0 Å². The van der Waals surface area contributed by atoms with Crippen LogP contribution in [0.4, 0.5) is 0 Å². The van der Waals surface area contributed by atoms with Crippen molar-refractivity contribution < 1.29 is 48.9 Å². The van der Waals surface area contributed by atoms with Gasteiger partial charge in [0.05, 0.1) is 23.3 Å². The Hall–Kier alpha value is -3.58. The Morgan fingerprint density at radius 2 is 0.935 bits per heavy atom. The molecule has 2 aromatic rings. The summed E-state index contributed by atoms with van der Waals surface area (Å²) in [6.45, 7) is 2.48. The van der Waals surface area contributed by atoms with Crippen molar-refractivity contribution in [1.29, 1.82) is 0 Å². The molecule has 2 rings (SSSR count). The molecule has 0 aliphatic heterocycles. The number of hydrogen-bond acceptors (Lipinski definition) is 6. The fraction of sp³-hybridized carbons (Fsp3) is 0.0909. The summed E-state index contributed by atoms with van der Waals surface area (Å²) in [5.41, 5.74) is 0.887. The third kappa shape index (κ3) is 11.9. The zero-order valence-electron chi connectivity index (χ0n) is 17.1. The van der Waals surface area contributed by atoms with Gasteiger partial charge >= 0.3 is 19.5 Å². The van der Waals surface area contributed by atoms with Gasteiger partial charge in [-0.2, -0.15) is 0 Å². The summed E-state index contributed by atoms with van der Waals surface area (Å²) < 4.78 is 0. The summed E-state index contributed by atoms with van der Waals surface area (Å²) in [5.74, 6) is -3.70. The Labute approximate surface area is 192 Å². The van der Waals surface area contributed by atoms with Gasteiger partial charge in [0.15, 0.2) is 0 Å². The van der Waals surface area contributed by atoms with Crippen molar-refractivity contribution in [2.45, 2.75) is 13.8 Å². The number of nitrogens with one attached hydrogen (secondary N) is 2. The van der Waals surface area contributed by atoms with Crippen molar-refractivity contribution in [3.63, 3.8) is 0 Å². The summed E-state index contributed by atoms with van der Waals surface area (Å²) in [4.78, 5) is 42.7. The van der Waals surface area contributed by atoms with Crippen LogP contribution in [0.25, 0.3) is 12.2 Å². The Morgan fingerprint density at radius 3 is 1.16 bits per heavy atom. The minimum atomic E-state index is -1.41. The Balaban J connectivity index is 0.000000562. The number of rotatable bonds is 6. The zero-order chi connectivity index (χ0) is 22.5. The van der Waals surface area contributed by atoms with Gasteiger partial charge in [0.2, 0.25) is 11.8 Å². The van der Waals surface area contributed by atoms with Crippen molar-refractivity contribution in [3.8, 4) is 0 Å². The van der Waals surface area contributed by atoms with E-state index in [0.717, 1.165) is 0 Å². The second-order valence-electron chi connectivity index (χ2n) is 5.87. The summed E-state index contributed by atoms with van der Waals surface area (Å²) in [6, 6.07) is 17.6. The predicted octanol–water partition coefficient (Wildman–Crippen LogP) is -0.175. The topological polar surface area (TPSA) is 138 Å². The van der Waals surface area contributed by atoms with E-state index in [1.807, 2.05) is 12.1 Å². The molecule has 0 unspecified atom stereocenters. The van der Waals surface area contributed by atoms with Crippen molar-refractivity contribution in [3.05, 3.63) is 83.2 Å². The molecule has 31 heavy (non-hydrogen) atoms. The van der Waals surface area contributed by atoms with E-state index in [0.29, 0.717) is 11.1 Å². The predicted molar refractivity (Wildman–Crippen MR) is 106 cm³/mol.